The molecule has 0 rings (SSSR count). The quantitative estimate of drug-likeness (QED) is 0.428. The van der Waals surface area contributed by atoms with E-state index in [9.17, 15) is 4.79 Å². The normalized spacial score (nSPS) is 11.8. The summed E-state index contributed by atoms with van der Waals surface area (Å²) in [6, 6.07) is 0. The molecule has 1 atom stereocenters. The standard InChI is InChI=1S/C7H16N2O2.CH2O2/c1-5(8)9-6(10)11-7(2,3)4;2-1-3/h5H,8H2,1-4H3,(H,9,10);1H,(H,2,3). The van der Waals surface area contributed by atoms with Gasteiger partial charge in [-0.15, -0.1) is 0 Å². The molecule has 0 aliphatic rings. The molecular formula is C8H18N2O4. The molecule has 0 radical (unpaired) electrons. The summed E-state index contributed by atoms with van der Waals surface area (Å²) in [5.41, 5.74) is 4.84. The van der Waals surface area contributed by atoms with Gasteiger partial charge in [-0.2, -0.15) is 0 Å². The van der Waals surface area contributed by atoms with Crippen molar-refractivity contribution in [1.82, 2.24) is 5.32 Å². The van der Waals surface area contributed by atoms with Crippen molar-refractivity contribution in [2.75, 3.05) is 0 Å². The van der Waals surface area contributed by atoms with Crippen molar-refractivity contribution in [3.63, 3.8) is 0 Å². The van der Waals surface area contributed by atoms with Gasteiger partial charge in [0.25, 0.3) is 6.47 Å². The van der Waals surface area contributed by atoms with Crippen LogP contribution < -0.4 is 11.1 Å². The van der Waals surface area contributed by atoms with Crippen molar-refractivity contribution < 1.29 is 19.4 Å². The molecule has 84 valence electrons. The fraction of sp³-hybridized carbons (Fsp3) is 0.750. The third-order valence-electron chi connectivity index (χ3n) is 0.744. The van der Waals surface area contributed by atoms with Crippen molar-refractivity contribution >= 4 is 12.6 Å². The molecule has 6 heteroatoms. The Hall–Kier alpha value is -1.30. The highest BCUT2D eigenvalue weighted by Crippen LogP contribution is 2.06. The van der Waals surface area contributed by atoms with E-state index in [0.717, 1.165) is 0 Å². The van der Waals surface area contributed by atoms with Gasteiger partial charge in [0.2, 0.25) is 0 Å². The van der Waals surface area contributed by atoms with E-state index in [1.54, 1.807) is 27.7 Å². The predicted molar refractivity (Wildman–Crippen MR) is 51.7 cm³/mol. The lowest BCUT2D eigenvalue weighted by Gasteiger charge is -2.20. The minimum atomic E-state index is -0.479. The number of nitrogens with one attached hydrogen (secondary N) is 1. The maximum Gasteiger partial charge on any atom is 0.408 e. The minimum absolute atomic E-state index is 0.250. The molecule has 0 fully saturated rings. The number of nitrogens with two attached hydrogens (primary N) is 1. The molecule has 0 heterocycles. The summed E-state index contributed by atoms with van der Waals surface area (Å²) < 4.78 is 4.92. The summed E-state index contributed by atoms with van der Waals surface area (Å²) in [5.74, 6) is 0. The first-order valence-electron chi connectivity index (χ1n) is 4.06. The minimum Gasteiger partial charge on any atom is -0.483 e. The van der Waals surface area contributed by atoms with Crippen LogP contribution in [0.3, 0.4) is 0 Å². The molecule has 0 aromatic rings. The van der Waals surface area contributed by atoms with Gasteiger partial charge in [0.15, 0.2) is 0 Å². The Morgan fingerprint density at radius 1 is 1.57 bits per heavy atom. The number of ether oxygens (including phenoxy) is 1. The van der Waals surface area contributed by atoms with Crippen LogP contribution in [0.4, 0.5) is 4.79 Å². The summed E-state index contributed by atoms with van der Waals surface area (Å²) in [6.07, 6.45) is -0.850. The van der Waals surface area contributed by atoms with Crippen LogP contribution in [0.2, 0.25) is 0 Å². The first-order valence-corrected chi connectivity index (χ1v) is 4.06. The number of hydrogen-bond acceptors (Lipinski definition) is 4. The molecule has 0 aromatic heterocycles. The van der Waals surface area contributed by atoms with Gasteiger partial charge in [0.05, 0.1) is 6.17 Å². The maximum absolute atomic E-state index is 10.9. The maximum atomic E-state index is 10.9. The van der Waals surface area contributed by atoms with Gasteiger partial charge in [-0.3, -0.25) is 4.79 Å². The van der Waals surface area contributed by atoms with Crippen molar-refractivity contribution in [1.29, 1.82) is 0 Å². The van der Waals surface area contributed by atoms with Crippen LogP contribution in [0.5, 0.6) is 0 Å². The van der Waals surface area contributed by atoms with E-state index in [1.165, 1.54) is 0 Å². The number of hydrogen-bond donors (Lipinski definition) is 3. The molecule has 0 bridgehead atoms. The zero-order valence-electron chi connectivity index (χ0n) is 8.90. The number of carbonyl (C=O) groups is 2. The number of rotatable bonds is 1. The number of carbonyl (C=O) groups excluding carboxylic acids is 1. The average Bonchev–Trinajstić information content (AvgIpc) is 1.80. The van der Waals surface area contributed by atoms with Crippen LogP contribution in [0, 0.1) is 0 Å². The second kappa shape index (κ2) is 7.14. The van der Waals surface area contributed by atoms with Gasteiger partial charge in [-0.1, -0.05) is 0 Å². The Labute approximate surface area is 83.4 Å². The van der Waals surface area contributed by atoms with E-state index < -0.39 is 11.7 Å². The van der Waals surface area contributed by atoms with Gasteiger partial charge in [0.1, 0.15) is 5.60 Å². The van der Waals surface area contributed by atoms with Crippen molar-refractivity contribution in [2.45, 2.75) is 39.5 Å². The van der Waals surface area contributed by atoms with Gasteiger partial charge in [0, 0.05) is 0 Å². The van der Waals surface area contributed by atoms with Gasteiger partial charge in [-0.25, -0.2) is 4.79 Å². The van der Waals surface area contributed by atoms with Crippen LogP contribution in [0.25, 0.3) is 0 Å². The molecule has 6 nitrogen and oxygen atoms in total. The fourth-order valence-corrected chi connectivity index (χ4v) is 0.493. The lowest BCUT2D eigenvalue weighted by atomic mass is 10.2. The molecule has 1 unspecified atom stereocenters. The zero-order chi connectivity index (χ0) is 11.8. The third-order valence-corrected chi connectivity index (χ3v) is 0.744. The summed E-state index contributed by atoms with van der Waals surface area (Å²) in [6.45, 7) is 6.82. The zero-order valence-corrected chi connectivity index (χ0v) is 8.90. The molecule has 0 saturated carbocycles. The molecule has 1 amide bonds. The Balaban J connectivity index is 0. The highest BCUT2D eigenvalue weighted by molar-refractivity contribution is 5.67. The largest absolute Gasteiger partial charge is 0.483 e. The Morgan fingerprint density at radius 3 is 2.14 bits per heavy atom. The van der Waals surface area contributed by atoms with Crippen LogP contribution in [0.1, 0.15) is 27.7 Å². The predicted octanol–water partition coefficient (Wildman–Crippen LogP) is 0.517. The number of carboxylic acid groups (broad SMARTS) is 1. The summed E-state index contributed by atoms with van der Waals surface area (Å²) in [5, 5.41) is 9.30. The Morgan fingerprint density at radius 2 is 1.93 bits per heavy atom. The van der Waals surface area contributed by atoms with Crippen molar-refractivity contribution in [3.05, 3.63) is 0 Å². The van der Waals surface area contributed by atoms with Crippen molar-refractivity contribution in [2.24, 2.45) is 5.73 Å². The number of amides is 1. The molecule has 0 aliphatic carbocycles. The molecule has 4 N–H and O–H groups in total. The first kappa shape index (κ1) is 15.2. The van der Waals surface area contributed by atoms with E-state index in [0.29, 0.717) is 0 Å². The highest BCUT2D eigenvalue weighted by atomic mass is 16.6. The van der Waals surface area contributed by atoms with E-state index in [1.807, 2.05) is 0 Å². The van der Waals surface area contributed by atoms with Crippen molar-refractivity contribution in [3.8, 4) is 0 Å². The number of alkyl carbamates (subject to hydrolysis) is 1. The molecule has 0 spiro atoms. The smallest absolute Gasteiger partial charge is 0.408 e. The summed E-state index contributed by atoms with van der Waals surface area (Å²) >= 11 is 0. The third kappa shape index (κ3) is 17.0. The van der Waals surface area contributed by atoms with Gasteiger partial charge < -0.3 is 20.9 Å². The molecule has 14 heavy (non-hydrogen) atoms. The van der Waals surface area contributed by atoms with E-state index in [-0.39, 0.29) is 12.6 Å². The van der Waals surface area contributed by atoms with Crippen LogP contribution in [-0.2, 0) is 9.53 Å². The second-order valence-electron chi connectivity index (χ2n) is 3.54. The Bertz CT molecular complexity index is 175. The first-order chi connectivity index (χ1) is 6.22. The molecular weight excluding hydrogens is 188 g/mol. The SMILES string of the molecule is CC(N)NC(=O)OC(C)(C)C.O=CO. The second-order valence-corrected chi connectivity index (χ2v) is 3.54. The van der Waals surface area contributed by atoms with Crippen LogP contribution >= 0.6 is 0 Å². The summed E-state index contributed by atoms with van der Waals surface area (Å²) in [4.78, 5) is 19.2. The van der Waals surface area contributed by atoms with E-state index >= 15 is 0 Å². The lowest BCUT2D eigenvalue weighted by Crippen LogP contribution is -2.42. The summed E-state index contributed by atoms with van der Waals surface area (Å²) in [7, 11) is 0. The van der Waals surface area contributed by atoms with Crippen LogP contribution in [0.15, 0.2) is 0 Å². The molecule has 0 saturated heterocycles. The topological polar surface area (TPSA) is 102 Å². The van der Waals surface area contributed by atoms with Crippen LogP contribution in [-0.4, -0.2) is 29.4 Å². The lowest BCUT2D eigenvalue weighted by molar-refractivity contribution is -0.122. The van der Waals surface area contributed by atoms with Gasteiger partial charge in [-0.05, 0) is 27.7 Å². The molecule has 0 aromatic carbocycles. The highest BCUT2D eigenvalue weighted by Gasteiger charge is 2.16. The monoisotopic (exact) mass is 206 g/mol. The van der Waals surface area contributed by atoms with E-state index in [4.69, 9.17) is 20.4 Å². The van der Waals surface area contributed by atoms with Gasteiger partial charge >= 0.3 is 6.09 Å². The fourth-order valence-electron chi connectivity index (χ4n) is 0.493. The average molecular weight is 206 g/mol. The van der Waals surface area contributed by atoms with E-state index in [2.05, 4.69) is 5.32 Å². The molecule has 0 aliphatic heterocycles. The Kier molecular flexibility index (Phi) is 7.74.